The number of hydrogen-bond donors (Lipinski definition) is 3. The smallest absolute Gasteiger partial charge is 0.308 e. The third-order valence-electron chi connectivity index (χ3n) is 4.75. The highest BCUT2D eigenvalue weighted by Crippen LogP contribution is 2.37. The molecule has 0 spiro atoms. The molecule has 25 heavy (non-hydrogen) atoms. The van der Waals surface area contributed by atoms with Gasteiger partial charge in [-0.25, -0.2) is 0 Å². The minimum absolute atomic E-state index is 0.0548. The Balaban J connectivity index is 2.13. The summed E-state index contributed by atoms with van der Waals surface area (Å²) in [5, 5.41) is 30.4. The van der Waals surface area contributed by atoms with Crippen LogP contribution in [-0.2, 0) is 16.0 Å². The van der Waals surface area contributed by atoms with Gasteiger partial charge >= 0.3 is 5.97 Å². The molecular formula is C20H28O5. The number of esters is 1. The van der Waals surface area contributed by atoms with Gasteiger partial charge in [0.2, 0.25) is 0 Å². The van der Waals surface area contributed by atoms with Crippen molar-refractivity contribution in [2.45, 2.75) is 57.8 Å². The lowest BCUT2D eigenvalue weighted by Crippen LogP contribution is -2.20. The van der Waals surface area contributed by atoms with Crippen molar-refractivity contribution in [1.82, 2.24) is 0 Å². The number of carbonyl (C=O) groups excluding carboxylic acids is 1. The van der Waals surface area contributed by atoms with Crippen LogP contribution in [-0.4, -0.2) is 40.6 Å². The summed E-state index contributed by atoms with van der Waals surface area (Å²) < 4.78 is 4.50. The van der Waals surface area contributed by atoms with Crippen LogP contribution in [0.15, 0.2) is 18.2 Å². The number of fused-ring (bicyclic) bond motifs is 1. The Morgan fingerprint density at radius 3 is 2.80 bits per heavy atom. The van der Waals surface area contributed by atoms with E-state index in [-0.39, 0.29) is 12.8 Å². The van der Waals surface area contributed by atoms with E-state index in [0.29, 0.717) is 5.92 Å². The van der Waals surface area contributed by atoms with Crippen LogP contribution < -0.4 is 0 Å². The monoisotopic (exact) mass is 348 g/mol. The van der Waals surface area contributed by atoms with Gasteiger partial charge in [-0.15, -0.1) is 0 Å². The second-order valence-electron chi connectivity index (χ2n) is 7.03. The summed E-state index contributed by atoms with van der Waals surface area (Å²) in [5.74, 6) is -0.0602. The van der Waals surface area contributed by atoms with E-state index in [1.54, 1.807) is 6.08 Å². The fraction of sp³-hybridized carbons (Fsp3) is 0.550. The van der Waals surface area contributed by atoms with Gasteiger partial charge in [0.25, 0.3) is 0 Å². The van der Waals surface area contributed by atoms with Crippen LogP contribution in [0.5, 0.6) is 0 Å². The first-order valence-corrected chi connectivity index (χ1v) is 8.73. The standard InChI is InChI=1S/C20H28O5/c1-12-8-14-5-4-13(2)17(20(14)18(23)9-12)7-6-15(21)10-16(22)11-19(24)25-3/h4-7,12,15-16,18,21-23H,8-11H2,1-3H3/b7-6+. The average molecular weight is 348 g/mol. The first-order valence-electron chi connectivity index (χ1n) is 8.73. The average Bonchev–Trinajstić information content (AvgIpc) is 2.53. The van der Waals surface area contributed by atoms with Crippen molar-refractivity contribution in [2.75, 3.05) is 7.11 Å². The van der Waals surface area contributed by atoms with Crippen LogP contribution in [0, 0.1) is 12.8 Å². The van der Waals surface area contributed by atoms with E-state index < -0.39 is 24.3 Å². The van der Waals surface area contributed by atoms with Crippen molar-refractivity contribution in [3.63, 3.8) is 0 Å². The van der Waals surface area contributed by atoms with E-state index in [4.69, 9.17) is 0 Å². The van der Waals surface area contributed by atoms with Gasteiger partial charge in [0.15, 0.2) is 0 Å². The van der Waals surface area contributed by atoms with Crippen molar-refractivity contribution in [2.24, 2.45) is 5.92 Å². The van der Waals surface area contributed by atoms with Gasteiger partial charge in [-0.2, -0.15) is 0 Å². The highest BCUT2D eigenvalue weighted by atomic mass is 16.5. The molecular weight excluding hydrogens is 320 g/mol. The molecule has 2 rings (SSSR count). The molecule has 0 radical (unpaired) electrons. The molecule has 5 heteroatoms. The molecule has 0 heterocycles. The minimum atomic E-state index is -0.954. The molecule has 4 unspecified atom stereocenters. The van der Waals surface area contributed by atoms with Crippen molar-refractivity contribution in [1.29, 1.82) is 0 Å². The topological polar surface area (TPSA) is 87.0 Å². The van der Waals surface area contributed by atoms with Gasteiger partial charge in [-0.1, -0.05) is 31.2 Å². The highest BCUT2D eigenvalue weighted by molar-refractivity contribution is 5.69. The summed E-state index contributed by atoms with van der Waals surface area (Å²) in [6.07, 6.45) is 2.67. The lowest BCUT2D eigenvalue weighted by molar-refractivity contribution is -0.143. The molecule has 0 amide bonds. The lowest BCUT2D eigenvalue weighted by Gasteiger charge is -2.28. The molecule has 1 aromatic carbocycles. The maximum atomic E-state index is 11.1. The number of rotatable bonds is 6. The zero-order valence-electron chi connectivity index (χ0n) is 15.1. The third kappa shape index (κ3) is 5.14. The van der Waals surface area contributed by atoms with Crippen molar-refractivity contribution in [3.05, 3.63) is 40.5 Å². The number of aliphatic hydroxyl groups excluding tert-OH is 3. The van der Waals surface area contributed by atoms with Gasteiger partial charge in [0, 0.05) is 6.42 Å². The van der Waals surface area contributed by atoms with Crippen LogP contribution in [0.4, 0.5) is 0 Å². The van der Waals surface area contributed by atoms with Crippen molar-refractivity contribution in [3.8, 4) is 0 Å². The molecule has 1 aliphatic rings. The predicted molar refractivity (Wildman–Crippen MR) is 95.9 cm³/mol. The highest BCUT2D eigenvalue weighted by Gasteiger charge is 2.25. The number of hydrogen-bond acceptors (Lipinski definition) is 5. The Morgan fingerprint density at radius 1 is 1.40 bits per heavy atom. The molecule has 138 valence electrons. The van der Waals surface area contributed by atoms with Crippen LogP contribution in [0.3, 0.4) is 0 Å². The Morgan fingerprint density at radius 2 is 2.12 bits per heavy atom. The van der Waals surface area contributed by atoms with Gasteiger partial charge < -0.3 is 20.1 Å². The quantitative estimate of drug-likeness (QED) is 0.687. The van der Waals surface area contributed by atoms with Crippen LogP contribution in [0.2, 0.25) is 0 Å². The lowest BCUT2D eigenvalue weighted by atomic mass is 9.79. The van der Waals surface area contributed by atoms with E-state index in [0.717, 1.165) is 35.1 Å². The van der Waals surface area contributed by atoms with E-state index in [1.165, 1.54) is 7.11 Å². The van der Waals surface area contributed by atoms with E-state index in [2.05, 4.69) is 17.7 Å². The number of carbonyl (C=O) groups is 1. The molecule has 3 N–H and O–H groups in total. The number of methoxy groups -OCH3 is 1. The molecule has 0 aromatic heterocycles. The van der Waals surface area contributed by atoms with E-state index in [1.807, 2.05) is 19.1 Å². The third-order valence-corrected chi connectivity index (χ3v) is 4.75. The summed E-state index contributed by atoms with van der Waals surface area (Å²) in [6.45, 7) is 4.11. The second kappa shape index (κ2) is 8.61. The van der Waals surface area contributed by atoms with E-state index in [9.17, 15) is 20.1 Å². The zero-order valence-corrected chi connectivity index (χ0v) is 15.1. The fourth-order valence-electron chi connectivity index (χ4n) is 3.46. The molecule has 0 saturated carbocycles. The second-order valence-corrected chi connectivity index (χ2v) is 7.03. The molecule has 4 atom stereocenters. The fourth-order valence-corrected chi connectivity index (χ4v) is 3.46. The van der Waals surface area contributed by atoms with Gasteiger partial charge in [-0.05, 0) is 47.9 Å². The largest absolute Gasteiger partial charge is 0.469 e. The molecule has 5 nitrogen and oxygen atoms in total. The van der Waals surface area contributed by atoms with E-state index >= 15 is 0 Å². The predicted octanol–water partition coefficient (Wildman–Crippen LogP) is 2.30. The first kappa shape index (κ1) is 19.6. The number of benzene rings is 1. The van der Waals surface area contributed by atoms with Crippen LogP contribution in [0.1, 0.15) is 54.5 Å². The summed E-state index contributed by atoms with van der Waals surface area (Å²) in [5.41, 5.74) is 4.05. The number of aliphatic hydroxyl groups is 3. The molecule has 1 aliphatic carbocycles. The molecule has 0 fully saturated rings. The van der Waals surface area contributed by atoms with Crippen molar-refractivity contribution >= 4 is 12.0 Å². The SMILES string of the molecule is COC(=O)CC(O)CC(O)/C=C/c1c(C)ccc2c1C(O)CC(C)C2. The van der Waals surface area contributed by atoms with Crippen LogP contribution in [0.25, 0.3) is 6.08 Å². The zero-order chi connectivity index (χ0) is 18.6. The number of ether oxygens (including phenoxy) is 1. The minimum Gasteiger partial charge on any atom is -0.469 e. The normalized spacial score (nSPS) is 22.5. The summed E-state index contributed by atoms with van der Waals surface area (Å²) in [4.78, 5) is 11.1. The Bertz CT molecular complexity index is 637. The summed E-state index contributed by atoms with van der Waals surface area (Å²) >= 11 is 0. The molecule has 0 saturated heterocycles. The summed E-state index contributed by atoms with van der Waals surface area (Å²) in [7, 11) is 1.26. The van der Waals surface area contributed by atoms with Crippen LogP contribution >= 0.6 is 0 Å². The van der Waals surface area contributed by atoms with Crippen molar-refractivity contribution < 1.29 is 24.9 Å². The molecule has 0 aliphatic heterocycles. The Hall–Kier alpha value is -1.69. The summed E-state index contributed by atoms with van der Waals surface area (Å²) in [6, 6.07) is 4.10. The van der Waals surface area contributed by atoms with Gasteiger partial charge in [0.1, 0.15) is 0 Å². The van der Waals surface area contributed by atoms with Gasteiger partial charge in [-0.3, -0.25) is 4.79 Å². The Labute approximate surface area is 149 Å². The van der Waals surface area contributed by atoms with Gasteiger partial charge in [0.05, 0.1) is 31.8 Å². The maximum Gasteiger partial charge on any atom is 0.308 e. The molecule has 0 bridgehead atoms. The maximum absolute atomic E-state index is 11.1. The number of aryl methyl sites for hydroxylation is 1. The first-order chi connectivity index (χ1) is 11.8. The Kier molecular flexibility index (Phi) is 6.76. The molecule has 1 aromatic rings.